The van der Waals surface area contributed by atoms with Gasteiger partial charge in [0.15, 0.2) is 0 Å². The molecule has 1 aliphatic rings. The number of methoxy groups -OCH3 is 1. The lowest BCUT2D eigenvalue weighted by atomic mass is 10.3. The van der Waals surface area contributed by atoms with Crippen LogP contribution in [0, 0.1) is 11.6 Å². The zero-order chi connectivity index (χ0) is 16.3. The molecule has 1 fully saturated rings. The van der Waals surface area contributed by atoms with E-state index < -0.39 is 26.6 Å². The summed E-state index contributed by atoms with van der Waals surface area (Å²) >= 11 is 0. The first-order chi connectivity index (χ1) is 10.4. The number of carbonyl (C=O) groups is 1. The molecule has 0 unspecified atom stereocenters. The van der Waals surface area contributed by atoms with Crippen LogP contribution in [0.25, 0.3) is 0 Å². The van der Waals surface area contributed by atoms with Crippen LogP contribution in [0.1, 0.15) is 0 Å². The van der Waals surface area contributed by atoms with Crippen molar-refractivity contribution in [3.8, 4) is 0 Å². The van der Waals surface area contributed by atoms with Crippen LogP contribution in [-0.4, -0.2) is 63.4 Å². The molecule has 0 bridgehead atoms. The molecule has 122 valence electrons. The number of nitrogens with zero attached hydrogens (tertiary/aromatic N) is 2. The minimum atomic E-state index is -4.05. The molecule has 1 saturated heterocycles. The van der Waals surface area contributed by atoms with Crippen molar-refractivity contribution in [2.45, 2.75) is 4.90 Å². The third kappa shape index (κ3) is 3.42. The SMILES string of the molecule is COCC(=O)N1CCN(S(=O)(=O)c2ccc(F)cc2F)CC1. The quantitative estimate of drug-likeness (QED) is 0.802. The van der Waals surface area contributed by atoms with E-state index in [9.17, 15) is 22.0 Å². The van der Waals surface area contributed by atoms with E-state index in [0.717, 1.165) is 16.4 Å². The van der Waals surface area contributed by atoms with Crippen molar-refractivity contribution in [1.29, 1.82) is 0 Å². The predicted octanol–water partition coefficient (Wildman–Crippen LogP) is 0.444. The zero-order valence-corrected chi connectivity index (χ0v) is 12.8. The summed E-state index contributed by atoms with van der Waals surface area (Å²) in [5.41, 5.74) is 0. The second-order valence-electron chi connectivity index (χ2n) is 4.79. The molecule has 1 aliphatic heterocycles. The monoisotopic (exact) mass is 334 g/mol. The first-order valence-electron chi connectivity index (χ1n) is 6.58. The maximum absolute atomic E-state index is 13.7. The summed E-state index contributed by atoms with van der Waals surface area (Å²) in [6, 6.07) is 2.34. The Morgan fingerprint density at radius 2 is 1.86 bits per heavy atom. The number of benzene rings is 1. The number of carbonyl (C=O) groups excluding carboxylic acids is 1. The molecule has 6 nitrogen and oxygen atoms in total. The Kier molecular flexibility index (Phi) is 5.09. The lowest BCUT2D eigenvalue weighted by Gasteiger charge is -2.33. The van der Waals surface area contributed by atoms with Crippen molar-refractivity contribution in [3.05, 3.63) is 29.8 Å². The summed E-state index contributed by atoms with van der Waals surface area (Å²) in [6.45, 7) is 0.428. The van der Waals surface area contributed by atoms with E-state index in [4.69, 9.17) is 4.74 Å². The molecule has 0 N–H and O–H groups in total. The third-order valence-corrected chi connectivity index (χ3v) is 5.30. The molecule has 1 amide bonds. The van der Waals surface area contributed by atoms with E-state index in [0.29, 0.717) is 6.07 Å². The summed E-state index contributed by atoms with van der Waals surface area (Å²) in [5.74, 6) is -2.20. The summed E-state index contributed by atoms with van der Waals surface area (Å²) in [4.78, 5) is 12.6. The highest BCUT2D eigenvalue weighted by Crippen LogP contribution is 2.21. The Morgan fingerprint density at radius 1 is 1.23 bits per heavy atom. The van der Waals surface area contributed by atoms with Crippen molar-refractivity contribution >= 4 is 15.9 Å². The van der Waals surface area contributed by atoms with Crippen LogP contribution in [0.5, 0.6) is 0 Å². The Morgan fingerprint density at radius 3 is 2.41 bits per heavy atom. The topological polar surface area (TPSA) is 66.9 Å². The summed E-state index contributed by atoms with van der Waals surface area (Å²) in [6.07, 6.45) is 0. The third-order valence-electron chi connectivity index (χ3n) is 3.37. The Bertz CT molecular complexity index is 658. The van der Waals surface area contributed by atoms with Crippen LogP contribution in [-0.2, 0) is 19.6 Å². The van der Waals surface area contributed by atoms with Gasteiger partial charge < -0.3 is 9.64 Å². The van der Waals surface area contributed by atoms with Crippen LogP contribution < -0.4 is 0 Å². The van der Waals surface area contributed by atoms with Gasteiger partial charge in [-0.25, -0.2) is 17.2 Å². The van der Waals surface area contributed by atoms with Crippen molar-refractivity contribution < 1.29 is 26.7 Å². The zero-order valence-electron chi connectivity index (χ0n) is 12.0. The Hall–Kier alpha value is -1.58. The molecular formula is C13H16F2N2O4S. The summed E-state index contributed by atoms with van der Waals surface area (Å²) in [5, 5.41) is 0. The van der Waals surface area contributed by atoms with Crippen LogP contribution in [0.15, 0.2) is 23.1 Å². The van der Waals surface area contributed by atoms with Crippen molar-refractivity contribution in [2.24, 2.45) is 0 Å². The van der Waals surface area contributed by atoms with Gasteiger partial charge in [0.25, 0.3) is 0 Å². The van der Waals surface area contributed by atoms with Gasteiger partial charge in [-0.3, -0.25) is 4.79 Å². The number of rotatable bonds is 4. The highest BCUT2D eigenvalue weighted by Gasteiger charge is 2.31. The van der Waals surface area contributed by atoms with E-state index in [-0.39, 0.29) is 38.7 Å². The molecule has 0 radical (unpaired) electrons. The van der Waals surface area contributed by atoms with E-state index in [1.54, 1.807) is 0 Å². The number of hydrogen-bond acceptors (Lipinski definition) is 4. The fourth-order valence-corrected chi connectivity index (χ4v) is 3.68. The maximum Gasteiger partial charge on any atom is 0.248 e. The van der Waals surface area contributed by atoms with Gasteiger partial charge in [0.05, 0.1) is 0 Å². The predicted molar refractivity (Wildman–Crippen MR) is 73.6 cm³/mol. The molecule has 22 heavy (non-hydrogen) atoms. The number of sulfonamides is 1. The smallest absolute Gasteiger partial charge is 0.248 e. The van der Waals surface area contributed by atoms with Crippen molar-refractivity contribution in [2.75, 3.05) is 39.9 Å². The summed E-state index contributed by atoms with van der Waals surface area (Å²) in [7, 11) is -2.65. The average Bonchev–Trinajstić information content (AvgIpc) is 2.47. The van der Waals surface area contributed by atoms with Gasteiger partial charge >= 0.3 is 0 Å². The molecule has 0 aromatic heterocycles. The van der Waals surface area contributed by atoms with Gasteiger partial charge in [-0.2, -0.15) is 4.31 Å². The van der Waals surface area contributed by atoms with Crippen LogP contribution >= 0.6 is 0 Å². The Labute approximate surface area is 127 Å². The second kappa shape index (κ2) is 6.67. The van der Waals surface area contributed by atoms with Gasteiger partial charge in [-0.1, -0.05) is 0 Å². The lowest BCUT2D eigenvalue weighted by molar-refractivity contribution is -0.136. The van der Waals surface area contributed by atoms with Crippen LogP contribution in [0.2, 0.25) is 0 Å². The maximum atomic E-state index is 13.7. The highest BCUT2D eigenvalue weighted by atomic mass is 32.2. The highest BCUT2D eigenvalue weighted by molar-refractivity contribution is 7.89. The molecule has 9 heteroatoms. The van der Waals surface area contributed by atoms with Gasteiger partial charge in [0.1, 0.15) is 23.1 Å². The molecule has 1 aromatic carbocycles. The van der Waals surface area contributed by atoms with Gasteiger partial charge in [0.2, 0.25) is 15.9 Å². The van der Waals surface area contributed by atoms with Crippen LogP contribution in [0.4, 0.5) is 8.78 Å². The van der Waals surface area contributed by atoms with Crippen LogP contribution in [0.3, 0.4) is 0 Å². The van der Waals surface area contributed by atoms with Crippen molar-refractivity contribution in [1.82, 2.24) is 9.21 Å². The fourth-order valence-electron chi connectivity index (χ4n) is 2.22. The molecule has 1 aromatic rings. The average molecular weight is 334 g/mol. The minimum absolute atomic E-state index is 0.0502. The number of piperazine rings is 1. The first-order valence-corrected chi connectivity index (χ1v) is 8.02. The summed E-state index contributed by atoms with van der Waals surface area (Å²) < 4.78 is 57.1. The Balaban J connectivity index is 2.11. The van der Waals surface area contributed by atoms with E-state index in [1.807, 2.05) is 0 Å². The number of ether oxygens (including phenoxy) is 1. The molecular weight excluding hydrogens is 318 g/mol. The van der Waals surface area contributed by atoms with E-state index >= 15 is 0 Å². The molecule has 0 spiro atoms. The largest absolute Gasteiger partial charge is 0.375 e. The van der Waals surface area contributed by atoms with Gasteiger partial charge in [0, 0.05) is 39.4 Å². The van der Waals surface area contributed by atoms with Gasteiger partial charge in [-0.15, -0.1) is 0 Å². The minimum Gasteiger partial charge on any atom is -0.375 e. The molecule has 1 heterocycles. The molecule has 0 aliphatic carbocycles. The normalized spacial score (nSPS) is 16.8. The van der Waals surface area contributed by atoms with Crippen molar-refractivity contribution in [3.63, 3.8) is 0 Å². The molecule has 0 atom stereocenters. The number of hydrogen-bond donors (Lipinski definition) is 0. The first kappa shape index (κ1) is 16.8. The fraction of sp³-hybridized carbons (Fsp3) is 0.462. The number of amides is 1. The lowest BCUT2D eigenvalue weighted by Crippen LogP contribution is -2.51. The van der Waals surface area contributed by atoms with E-state index in [1.165, 1.54) is 12.0 Å². The van der Waals surface area contributed by atoms with E-state index in [2.05, 4.69) is 0 Å². The molecule has 2 rings (SSSR count). The number of halogens is 2. The van der Waals surface area contributed by atoms with Gasteiger partial charge in [-0.05, 0) is 12.1 Å². The molecule has 0 saturated carbocycles. The standard InChI is InChI=1S/C13H16F2N2O4S/c1-21-9-13(18)16-4-6-17(7-5-16)22(19,20)12-3-2-10(14)8-11(12)15/h2-3,8H,4-7,9H2,1H3. The second-order valence-corrected chi connectivity index (χ2v) is 6.70.